The van der Waals surface area contributed by atoms with E-state index >= 15 is 0 Å². The fourth-order valence-electron chi connectivity index (χ4n) is 1.66. The lowest BCUT2D eigenvalue weighted by molar-refractivity contribution is 0.443. The van der Waals surface area contributed by atoms with Crippen LogP contribution in [0.3, 0.4) is 0 Å². The lowest BCUT2D eigenvalue weighted by atomic mass is 10.0. The molecule has 0 N–H and O–H groups in total. The highest BCUT2D eigenvalue weighted by Crippen LogP contribution is 2.19. The SMILES string of the molecule is Fc1cc(Cc2cc(F)c(F)c(F)c2)cc(F)c1F. The van der Waals surface area contributed by atoms with Crippen molar-refractivity contribution in [2.75, 3.05) is 0 Å². The minimum atomic E-state index is -1.62. The Balaban J connectivity index is 2.36. The molecule has 0 aliphatic heterocycles. The van der Waals surface area contributed by atoms with Crippen molar-refractivity contribution in [2.45, 2.75) is 6.42 Å². The molecule has 2 aromatic carbocycles. The molecular formula is C13H6F6. The van der Waals surface area contributed by atoms with Crippen LogP contribution in [0.1, 0.15) is 11.1 Å². The number of hydrogen-bond acceptors (Lipinski definition) is 0. The summed E-state index contributed by atoms with van der Waals surface area (Å²) in [5, 5.41) is 0. The number of hydrogen-bond donors (Lipinski definition) is 0. The minimum absolute atomic E-state index is 0.0261. The average Bonchev–Trinajstić information content (AvgIpc) is 2.33. The summed E-state index contributed by atoms with van der Waals surface area (Å²) in [5.74, 6) is -8.87. The Hall–Kier alpha value is -1.98. The summed E-state index contributed by atoms with van der Waals surface area (Å²) in [7, 11) is 0. The summed E-state index contributed by atoms with van der Waals surface area (Å²) >= 11 is 0. The zero-order valence-corrected chi connectivity index (χ0v) is 9.28. The van der Waals surface area contributed by atoms with E-state index in [1.165, 1.54) is 0 Å². The molecule has 0 aliphatic rings. The first-order valence-electron chi connectivity index (χ1n) is 5.15. The molecule has 0 fully saturated rings. The fourth-order valence-corrected chi connectivity index (χ4v) is 1.66. The number of rotatable bonds is 2. The predicted molar refractivity (Wildman–Crippen MR) is 55.4 cm³/mol. The maximum absolute atomic E-state index is 12.9. The van der Waals surface area contributed by atoms with Crippen LogP contribution in [0.2, 0.25) is 0 Å². The second-order valence-corrected chi connectivity index (χ2v) is 3.92. The summed E-state index contributed by atoms with van der Waals surface area (Å²) < 4.78 is 77.2. The van der Waals surface area contributed by atoms with Gasteiger partial charge in [-0.25, -0.2) is 26.3 Å². The Morgan fingerprint density at radius 3 is 1.05 bits per heavy atom. The zero-order valence-electron chi connectivity index (χ0n) is 9.28. The smallest absolute Gasteiger partial charge is 0.194 e. The molecule has 6 heteroatoms. The van der Waals surface area contributed by atoms with Crippen molar-refractivity contribution in [3.63, 3.8) is 0 Å². The van der Waals surface area contributed by atoms with Crippen LogP contribution in [0, 0.1) is 34.9 Å². The van der Waals surface area contributed by atoms with Gasteiger partial charge in [0.1, 0.15) is 0 Å². The molecule has 0 bridgehead atoms. The first-order chi connectivity index (χ1) is 8.88. The molecule has 0 aromatic heterocycles. The third-order valence-corrected chi connectivity index (χ3v) is 2.50. The molecule has 0 saturated carbocycles. The van der Waals surface area contributed by atoms with Crippen molar-refractivity contribution in [3.8, 4) is 0 Å². The topological polar surface area (TPSA) is 0 Å². The second-order valence-electron chi connectivity index (χ2n) is 3.92. The van der Waals surface area contributed by atoms with Crippen LogP contribution < -0.4 is 0 Å². The van der Waals surface area contributed by atoms with Gasteiger partial charge in [-0.2, -0.15) is 0 Å². The Labute approximate surface area is 104 Å². The molecule has 0 saturated heterocycles. The monoisotopic (exact) mass is 276 g/mol. The van der Waals surface area contributed by atoms with Gasteiger partial charge < -0.3 is 0 Å². The highest BCUT2D eigenvalue weighted by Gasteiger charge is 2.13. The molecule has 2 rings (SSSR count). The van der Waals surface area contributed by atoms with Crippen molar-refractivity contribution >= 4 is 0 Å². The van der Waals surface area contributed by atoms with E-state index in [1.54, 1.807) is 0 Å². The van der Waals surface area contributed by atoms with E-state index in [2.05, 4.69) is 0 Å². The first-order valence-corrected chi connectivity index (χ1v) is 5.15. The van der Waals surface area contributed by atoms with Gasteiger partial charge in [0.2, 0.25) is 0 Å². The second kappa shape index (κ2) is 4.95. The molecule has 0 radical (unpaired) electrons. The Bertz CT molecular complexity index is 534. The Morgan fingerprint density at radius 2 is 0.789 bits per heavy atom. The summed E-state index contributed by atoms with van der Waals surface area (Å²) in [6, 6.07) is 2.82. The van der Waals surface area contributed by atoms with Crippen LogP contribution in [-0.2, 0) is 6.42 Å². The molecular weight excluding hydrogens is 270 g/mol. The third-order valence-electron chi connectivity index (χ3n) is 2.50. The number of benzene rings is 2. The molecule has 0 heterocycles. The quantitative estimate of drug-likeness (QED) is 0.572. The molecule has 2 aromatic rings. The van der Waals surface area contributed by atoms with E-state index in [1.807, 2.05) is 0 Å². The molecule has 100 valence electrons. The molecule has 0 atom stereocenters. The predicted octanol–water partition coefficient (Wildman–Crippen LogP) is 4.11. The largest absolute Gasteiger partial charge is 0.204 e. The first kappa shape index (κ1) is 13.5. The summed E-state index contributed by atoms with van der Waals surface area (Å²) in [5.41, 5.74) is -0.0522. The van der Waals surface area contributed by atoms with E-state index in [0.717, 1.165) is 0 Å². The van der Waals surface area contributed by atoms with Gasteiger partial charge in [0.15, 0.2) is 34.9 Å². The van der Waals surface area contributed by atoms with E-state index in [-0.39, 0.29) is 17.5 Å². The van der Waals surface area contributed by atoms with Crippen LogP contribution in [-0.4, -0.2) is 0 Å². The van der Waals surface area contributed by atoms with Gasteiger partial charge in [0.05, 0.1) is 0 Å². The van der Waals surface area contributed by atoms with Crippen LogP contribution in [0.15, 0.2) is 24.3 Å². The van der Waals surface area contributed by atoms with Gasteiger partial charge in [-0.3, -0.25) is 0 Å². The Kier molecular flexibility index (Phi) is 3.50. The fraction of sp³-hybridized carbons (Fsp3) is 0.0769. The van der Waals surface area contributed by atoms with Crippen molar-refractivity contribution in [3.05, 3.63) is 70.3 Å². The number of halogens is 6. The highest BCUT2D eigenvalue weighted by atomic mass is 19.2. The molecule has 0 nitrogen and oxygen atoms in total. The highest BCUT2D eigenvalue weighted by molar-refractivity contribution is 5.28. The van der Waals surface area contributed by atoms with Crippen molar-refractivity contribution in [1.82, 2.24) is 0 Å². The van der Waals surface area contributed by atoms with Crippen LogP contribution in [0.25, 0.3) is 0 Å². The van der Waals surface area contributed by atoms with Crippen molar-refractivity contribution in [1.29, 1.82) is 0 Å². The summed E-state index contributed by atoms with van der Waals surface area (Å²) in [4.78, 5) is 0. The lowest BCUT2D eigenvalue weighted by Crippen LogP contribution is -1.99. The van der Waals surface area contributed by atoms with Gasteiger partial charge in [0, 0.05) is 0 Å². The molecule has 0 unspecified atom stereocenters. The molecule has 19 heavy (non-hydrogen) atoms. The summed E-state index contributed by atoms with van der Waals surface area (Å²) in [6.45, 7) is 0. The normalized spacial score (nSPS) is 10.8. The van der Waals surface area contributed by atoms with Crippen LogP contribution >= 0.6 is 0 Å². The van der Waals surface area contributed by atoms with Gasteiger partial charge in [0.25, 0.3) is 0 Å². The maximum atomic E-state index is 12.9. The van der Waals surface area contributed by atoms with Gasteiger partial charge in [-0.15, -0.1) is 0 Å². The van der Waals surface area contributed by atoms with Crippen molar-refractivity contribution in [2.24, 2.45) is 0 Å². The molecule has 0 aliphatic carbocycles. The molecule has 0 spiro atoms. The molecule has 0 amide bonds. The van der Waals surface area contributed by atoms with Gasteiger partial charge in [-0.05, 0) is 41.8 Å². The van der Waals surface area contributed by atoms with Crippen molar-refractivity contribution < 1.29 is 26.3 Å². The van der Waals surface area contributed by atoms with E-state index in [9.17, 15) is 26.3 Å². The standard InChI is InChI=1S/C13H6F6/c14-8-2-6(3-9(15)12(8)18)1-7-4-10(16)13(19)11(17)5-7/h2-5H,1H2. The third kappa shape index (κ3) is 2.72. The summed E-state index contributed by atoms with van der Waals surface area (Å²) in [6.07, 6.45) is -0.262. The maximum Gasteiger partial charge on any atom is 0.194 e. The van der Waals surface area contributed by atoms with E-state index in [0.29, 0.717) is 24.3 Å². The van der Waals surface area contributed by atoms with Gasteiger partial charge >= 0.3 is 0 Å². The minimum Gasteiger partial charge on any atom is -0.204 e. The van der Waals surface area contributed by atoms with Crippen LogP contribution in [0.5, 0.6) is 0 Å². The van der Waals surface area contributed by atoms with Gasteiger partial charge in [-0.1, -0.05) is 0 Å². The zero-order chi connectivity index (χ0) is 14.2. The van der Waals surface area contributed by atoms with E-state index in [4.69, 9.17) is 0 Å². The average molecular weight is 276 g/mol. The van der Waals surface area contributed by atoms with Crippen LogP contribution in [0.4, 0.5) is 26.3 Å². The lowest BCUT2D eigenvalue weighted by Gasteiger charge is -2.05. The van der Waals surface area contributed by atoms with E-state index < -0.39 is 34.9 Å². The Morgan fingerprint density at radius 1 is 0.526 bits per heavy atom.